The molecular formula is C17H20ClNO2. The predicted molar refractivity (Wildman–Crippen MR) is 84.8 cm³/mol. The molecule has 3 nitrogen and oxygen atoms in total. The van der Waals surface area contributed by atoms with Crippen LogP contribution in [-0.4, -0.2) is 5.91 Å². The van der Waals surface area contributed by atoms with Crippen molar-refractivity contribution < 1.29 is 9.21 Å². The second kappa shape index (κ2) is 6.35. The standard InChI is InChI=1S/C17H20ClNO2/c1-10-5-6-15(11(2)7-10)12(3)19-17(20)16-8-14(9-18)13(4)21-16/h5-8,12H,9H2,1-4H3,(H,19,20). The van der Waals surface area contributed by atoms with E-state index >= 15 is 0 Å². The van der Waals surface area contributed by atoms with Crippen molar-refractivity contribution in [2.75, 3.05) is 0 Å². The van der Waals surface area contributed by atoms with Gasteiger partial charge in [0.05, 0.1) is 11.9 Å². The molecule has 21 heavy (non-hydrogen) atoms. The van der Waals surface area contributed by atoms with Crippen LogP contribution in [0.3, 0.4) is 0 Å². The number of hydrogen-bond donors (Lipinski definition) is 1. The van der Waals surface area contributed by atoms with Gasteiger partial charge < -0.3 is 9.73 Å². The Balaban J connectivity index is 2.14. The maximum Gasteiger partial charge on any atom is 0.287 e. The number of nitrogens with one attached hydrogen (secondary N) is 1. The minimum absolute atomic E-state index is 0.0806. The molecule has 0 spiro atoms. The second-order valence-corrected chi connectivity index (χ2v) is 5.65. The highest BCUT2D eigenvalue weighted by atomic mass is 35.5. The lowest BCUT2D eigenvalue weighted by molar-refractivity contribution is 0.0910. The van der Waals surface area contributed by atoms with Crippen molar-refractivity contribution in [3.8, 4) is 0 Å². The molecule has 0 aliphatic rings. The van der Waals surface area contributed by atoms with Gasteiger partial charge in [-0.05, 0) is 44.9 Å². The highest BCUT2D eigenvalue weighted by molar-refractivity contribution is 6.17. The van der Waals surface area contributed by atoms with Gasteiger partial charge in [-0.3, -0.25) is 4.79 Å². The summed E-state index contributed by atoms with van der Waals surface area (Å²) in [7, 11) is 0. The van der Waals surface area contributed by atoms with Crippen LogP contribution in [0.4, 0.5) is 0 Å². The Labute approximate surface area is 130 Å². The molecule has 1 unspecified atom stereocenters. The van der Waals surface area contributed by atoms with Gasteiger partial charge in [0.1, 0.15) is 5.76 Å². The molecule has 2 rings (SSSR count). The van der Waals surface area contributed by atoms with E-state index in [1.165, 1.54) is 11.1 Å². The third kappa shape index (κ3) is 3.48. The number of halogens is 1. The van der Waals surface area contributed by atoms with Gasteiger partial charge in [0.15, 0.2) is 5.76 Å². The maximum absolute atomic E-state index is 12.2. The van der Waals surface area contributed by atoms with Crippen LogP contribution in [0.2, 0.25) is 0 Å². The molecule has 1 aromatic heterocycles. The molecular weight excluding hydrogens is 286 g/mol. The molecule has 1 aromatic carbocycles. The zero-order valence-electron chi connectivity index (χ0n) is 12.8. The first-order chi connectivity index (χ1) is 9.92. The normalized spacial score (nSPS) is 12.2. The number of hydrogen-bond acceptors (Lipinski definition) is 2. The highest BCUT2D eigenvalue weighted by Crippen LogP contribution is 2.21. The summed E-state index contributed by atoms with van der Waals surface area (Å²) in [5.41, 5.74) is 4.33. The van der Waals surface area contributed by atoms with Crippen LogP contribution in [0.5, 0.6) is 0 Å². The van der Waals surface area contributed by atoms with Crippen LogP contribution in [0, 0.1) is 20.8 Å². The number of aryl methyl sites for hydroxylation is 3. The lowest BCUT2D eigenvalue weighted by Gasteiger charge is -2.16. The number of rotatable bonds is 4. The number of furan rings is 1. The van der Waals surface area contributed by atoms with Gasteiger partial charge >= 0.3 is 0 Å². The molecule has 0 aliphatic heterocycles. The van der Waals surface area contributed by atoms with Gasteiger partial charge in [0.2, 0.25) is 0 Å². The van der Waals surface area contributed by atoms with Crippen LogP contribution in [0.15, 0.2) is 28.7 Å². The van der Waals surface area contributed by atoms with Crippen molar-refractivity contribution in [1.29, 1.82) is 0 Å². The molecule has 0 fully saturated rings. The topological polar surface area (TPSA) is 42.2 Å². The van der Waals surface area contributed by atoms with Crippen LogP contribution in [0.1, 0.15) is 51.5 Å². The molecule has 0 saturated carbocycles. The Kier molecular flexibility index (Phi) is 4.73. The maximum atomic E-state index is 12.2. The van der Waals surface area contributed by atoms with Gasteiger partial charge in [0, 0.05) is 5.56 Å². The summed E-state index contributed by atoms with van der Waals surface area (Å²) in [5.74, 6) is 1.12. The first-order valence-corrected chi connectivity index (χ1v) is 7.49. The van der Waals surface area contributed by atoms with E-state index in [1.54, 1.807) is 6.07 Å². The number of carbonyl (C=O) groups is 1. The average Bonchev–Trinajstić information content (AvgIpc) is 2.79. The zero-order chi connectivity index (χ0) is 15.6. The Morgan fingerprint density at radius 1 is 1.29 bits per heavy atom. The van der Waals surface area contributed by atoms with Gasteiger partial charge in [-0.25, -0.2) is 0 Å². The van der Waals surface area contributed by atoms with Gasteiger partial charge in [0.25, 0.3) is 5.91 Å². The monoisotopic (exact) mass is 305 g/mol. The highest BCUT2D eigenvalue weighted by Gasteiger charge is 2.17. The van der Waals surface area contributed by atoms with E-state index in [2.05, 4.69) is 18.3 Å². The Bertz CT molecular complexity index is 661. The Morgan fingerprint density at radius 2 is 2.00 bits per heavy atom. The molecule has 112 valence electrons. The van der Waals surface area contributed by atoms with E-state index in [0.717, 1.165) is 11.1 Å². The van der Waals surface area contributed by atoms with E-state index in [0.29, 0.717) is 17.4 Å². The quantitative estimate of drug-likeness (QED) is 0.849. The molecule has 4 heteroatoms. The van der Waals surface area contributed by atoms with Crippen molar-refractivity contribution in [3.05, 3.63) is 58.0 Å². The Hall–Kier alpha value is -1.74. The van der Waals surface area contributed by atoms with E-state index in [9.17, 15) is 4.79 Å². The van der Waals surface area contributed by atoms with Crippen molar-refractivity contribution in [3.63, 3.8) is 0 Å². The van der Waals surface area contributed by atoms with Gasteiger partial charge in [-0.1, -0.05) is 23.8 Å². The van der Waals surface area contributed by atoms with Crippen molar-refractivity contribution >= 4 is 17.5 Å². The summed E-state index contributed by atoms with van der Waals surface area (Å²) in [4.78, 5) is 12.2. The van der Waals surface area contributed by atoms with E-state index < -0.39 is 0 Å². The number of alkyl halides is 1. The van der Waals surface area contributed by atoms with Crippen LogP contribution >= 0.6 is 11.6 Å². The molecule has 0 aliphatic carbocycles. The van der Waals surface area contributed by atoms with E-state index in [1.807, 2.05) is 32.9 Å². The number of carbonyl (C=O) groups excluding carboxylic acids is 1. The third-order valence-corrected chi connectivity index (χ3v) is 3.92. The summed E-state index contributed by atoms with van der Waals surface area (Å²) in [6, 6.07) is 7.83. The van der Waals surface area contributed by atoms with Gasteiger partial charge in [-0.2, -0.15) is 0 Å². The molecule has 1 atom stereocenters. The molecule has 1 amide bonds. The molecule has 0 saturated heterocycles. The summed E-state index contributed by atoms with van der Waals surface area (Å²) in [6.07, 6.45) is 0. The smallest absolute Gasteiger partial charge is 0.287 e. The minimum atomic E-state index is -0.220. The predicted octanol–water partition coefficient (Wildman–Crippen LogP) is 4.43. The first-order valence-electron chi connectivity index (χ1n) is 6.95. The first kappa shape index (κ1) is 15.6. The van der Waals surface area contributed by atoms with Gasteiger partial charge in [-0.15, -0.1) is 11.6 Å². The van der Waals surface area contributed by atoms with Crippen molar-refractivity contribution in [2.24, 2.45) is 0 Å². The summed E-state index contributed by atoms with van der Waals surface area (Å²) < 4.78 is 5.46. The SMILES string of the molecule is Cc1ccc(C(C)NC(=O)c2cc(CCl)c(C)o2)c(C)c1. The number of amides is 1. The van der Waals surface area contributed by atoms with Crippen LogP contribution in [0.25, 0.3) is 0 Å². The number of benzene rings is 1. The fraction of sp³-hybridized carbons (Fsp3) is 0.353. The van der Waals surface area contributed by atoms with E-state index in [4.69, 9.17) is 16.0 Å². The van der Waals surface area contributed by atoms with E-state index in [-0.39, 0.29) is 11.9 Å². The average molecular weight is 306 g/mol. The second-order valence-electron chi connectivity index (χ2n) is 5.38. The Morgan fingerprint density at radius 3 is 2.57 bits per heavy atom. The third-order valence-electron chi connectivity index (χ3n) is 3.63. The lowest BCUT2D eigenvalue weighted by atomic mass is 10.0. The summed E-state index contributed by atoms with van der Waals surface area (Å²) in [6.45, 7) is 7.88. The van der Waals surface area contributed by atoms with Crippen LogP contribution in [-0.2, 0) is 5.88 Å². The molecule has 0 bridgehead atoms. The molecule has 1 heterocycles. The van der Waals surface area contributed by atoms with Crippen LogP contribution < -0.4 is 5.32 Å². The molecule has 0 radical (unpaired) electrons. The lowest BCUT2D eigenvalue weighted by Crippen LogP contribution is -2.26. The summed E-state index contributed by atoms with van der Waals surface area (Å²) >= 11 is 5.80. The molecule has 2 aromatic rings. The fourth-order valence-corrected chi connectivity index (χ4v) is 2.69. The zero-order valence-corrected chi connectivity index (χ0v) is 13.5. The fourth-order valence-electron chi connectivity index (χ4n) is 2.42. The minimum Gasteiger partial charge on any atom is -0.456 e. The van der Waals surface area contributed by atoms with Crippen molar-refractivity contribution in [2.45, 2.75) is 39.6 Å². The van der Waals surface area contributed by atoms with Crippen molar-refractivity contribution in [1.82, 2.24) is 5.32 Å². The summed E-state index contributed by atoms with van der Waals surface area (Å²) in [5, 5.41) is 2.96. The molecule has 1 N–H and O–H groups in total. The largest absolute Gasteiger partial charge is 0.456 e.